The summed E-state index contributed by atoms with van der Waals surface area (Å²) in [5, 5.41) is 4.48. The Kier molecular flexibility index (Phi) is 12.1. The van der Waals surface area contributed by atoms with Gasteiger partial charge >= 0.3 is 7.67 Å². The van der Waals surface area contributed by atoms with Crippen LogP contribution in [0.3, 0.4) is 0 Å². The number of halogens is 2. The third-order valence-corrected chi connectivity index (χ3v) is 6.87. The molecule has 1 N–H and O–H groups in total. The molecule has 8 heteroatoms. The van der Waals surface area contributed by atoms with E-state index in [2.05, 4.69) is 69.9 Å². The van der Waals surface area contributed by atoms with Gasteiger partial charge in [-0.2, -0.15) is 4.67 Å². The molecule has 1 heterocycles. The van der Waals surface area contributed by atoms with Gasteiger partial charge in [0.2, 0.25) is 0 Å². The van der Waals surface area contributed by atoms with E-state index in [0.717, 1.165) is 24.6 Å². The number of nitrogens with zero attached hydrogens (tertiary/aromatic N) is 1. The van der Waals surface area contributed by atoms with Crippen molar-refractivity contribution < 1.29 is 13.8 Å². The highest BCUT2D eigenvalue weighted by Gasteiger charge is 2.40. The number of ether oxygens (including phenoxy) is 1. The van der Waals surface area contributed by atoms with Gasteiger partial charge in [0.05, 0.1) is 13.2 Å². The minimum absolute atomic E-state index is 0.193. The first kappa shape index (κ1) is 23.5. The Labute approximate surface area is 169 Å². The van der Waals surface area contributed by atoms with Crippen LogP contribution in [-0.2, 0) is 13.8 Å². The standard InChI is InChI=1S/C17H31Br2N2O3P/c1-15(2)5-4-6-16(3)7-13-23-17-8-14-24-25(22,20-11-9-18)21(17)12-10-19/h5,7,17H,4,6,8-14H2,1-3H3,(H,20,22)/b16-7+. The van der Waals surface area contributed by atoms with Gasteiger partial charge in [0.25, 0.3) is 0 Å². The molecule has 2 atom stereocenters. The summed E-state index contributed by atoms with van der Waals surface area (Å²) in [4.78, 5) is 0. The molecular formula is C17H31Br2N2O3P. The van der Waals surface area contributed by atoms with E-state index in [0.29, 0.717) is 31.6 Å². The maximum Gasteiger partial charge on any atom is 0.345 e. The molecule has 0 saturated carbocycles. The predicted molar refractivity (Wildman–Crippen MR) is 113 cm³/mol. The first-order valence-electron chi connectivity index (χ1n) is 8.72. The first-order chi connectivity index (χ1) is 11.9. The molecule has 0 aromatic heterocycles. The molecule has 0 radical (unpaired) electrons. The highest BCUT2D eigenvalue weighted by atomic mass is 79.9. The Morgan fingerprint density at radius 2 is 2.08 bits per heavy atom. The Hall–Kier alpha value is 0.510. The van der Waals surface area contributed by atoms with Crippen LogP contribution in [0, 0.1) is 0 Å². The van der Waals surface area contributed by atoms with Crippen molar-refractivity contribution in [1.82, 2.24) is 9.76 Å². The quantitative estimate of drug-likeness (QED) is 0.238. The van der Waals surface area contributed by atoms with Gasteiger partial charge in [-0.15, -0.1) is 0 Å². The molecule has 1 fully saturated rings. The summed E-state index contributed by atoms with van der Waals surface area (Å²) in [6.45, 7) is 8.54. The fraction of sp³-hybridized carbons (Fsp3) is 0.765. The average molecular weight is 502 g/mol. The van der Waals surface area contributed by atoms with Crippen LogP contribution in [0.5, 0.6) is 0 Å². The van der Waals surface area contributed by atoms with Crippen LogP contribution in [-0.4, -0.2) is 47.9 Å². The summed E-state index contributed by atoms with van der Waals surface area (Å²) in [5.74, 6) is 0. The second-order valence-corrected chi connectivity index (χ2v) is 9.97. The van der Waals surface area contributed by atoms with Crippen LogP contribution in [0.15, 0.2) is 23.3 Å². The minimum Gasteiger partial charge on any atom is -0.358 e. The van der Waals surface area contributed by atoms with Crippen molar-refractivity contribution in [1.29, 1.82) is 0 Å². The van der Waals surface area contributed by atoms with Crippen molar-refractivity contribution in [2.45, 2.75) is 46.3 Å². The van der Waals surface area contributed by atoms with Crippen molar-refractivity contribution >= 4 is 39.5 Å². The lowest BCUT2D eigenvalue weighted by Crippen LogP contribution is -2.44. The lowest BCUT2D eigenvalue weighted by molar-refractivity contribution is -0.0422. The molecule has 146 valence electrons. The number of hydrogen-bond acceptors (Lipinski definition) is 3. The largest absolute Gasteiger partial charge is 0.358 e. The lowest BCUT2D eigenvalue weighted by Gasteiger charge is -2.40. The molecule has 0 aromatic carbocycles. The fourth-order valence-electron chi connectivity index (χ4n) is 2.51. The number of alkyl halides is 2. The third-order valence-electron chi connectivity index (χ3n) is 3.83. The van der Waals surface area contributed by atoms with Gasteiger partial charge < -0.3 is 9.26 Å². The van der Waals surface area contributed by atoms with E-state index in [-0.39, 0.29) is 6.23 Å². The van der Waals surface area contributed by atoms with Crippen molar-refractivity contribution in [2.75, 3.05) is 37.0 Å². The fourth-order valence-corrected chi connectivity index (χ4v) is 5.73. The maximum absolute atomic E-state index is 13.1. The lowest BCUT2D eigenvalue weighted by atomic mass is 10.1. The first-order valence-corrected chi connectivity index (χ1v) is 12.5. The monoisotopic (exact) mass is 500 g/mol. The molecule has 2 unspecified atom stereocenters. The van der Waals surface area contributed by atoms with E-state index in [1.54, 1.807) is 0 Å². The normalized spacial score (nSPS) is 25.2. The number of rotatable bonds is 11. The third kappa shape index (κ3) is 8.83. The van der Waals surface area contributed by atoms with Crippen molar-refractivity contribution in [3.63, 3.8) is 0 Å². The molecule has 0 spiro atoms. The Morgan fingerprint density at radius 3 is 2.72 bits per heavy atom. The van der Waals surface area contributed by atoms with Crippen LogP contribution in [0.4, 0.5) is 0 Å². The van der Waals surface area contributed by atoms with E-state index in [1.807, 2.05) is 4.67 Å². The summed E-state index contributed by atoms with van der Waals surface area (Å²) < 4.78 is 26.5. The van der Waals surface area contributed by atoms with E-state index >= 15 is 0 Å². The molecule has 1 rings (SSSR count). The van der Waals surface area contributed by atoms with Gasteiger partial charge in [-0.1, -0.05) is 55.2 Å². The minimum atomic E-state index is -3.04. The highest BCUT2D eigenvalue weighted by molar-refractivity contribution is 9.09. The van der Waals surface area contributed by atoms with Gasteiger partial charge in [-0.3, -0.25) is 4.57 Å². The summed E-state index contributed by atoms with van der Waals surface area (Å²) in [5.41, 5.74) is 2.67. The molecule has 1 aliphatic rings. The van der Waals surface area contributed by atoms with E-state index in [1.165, 1.54) is 11.1 Å². The van der Waals surface area contributed by atoms with E-state index in [4.69, 9.17) is 9.26 Å². The average Bonchev–Trinajstić information content (AvgIpc) is 2.56. The highest BCUT2D eigenvalue weighted by Crippen LogP contribution is 2.51. The molecule has 5 nitrogen and oxygen atoms in total. The zero-order valence-electron chi connectivity index (χ0n) is 15.5. The molecule has 0 aromatic rings. The molecular weight excluding hydrogens is 471 g/mol. The van der Waals surface area contributed by atoms with E-state index < -0.39 is 7.67 Å². The van der Waals surface area contributed by atoms with Gasteiger partial charge in [-0.05, 0) is 33.6 Å². The summed E-state index contributed by atoms with van der Waals surface area (Å²) in [7, 11) is -3.04. The number of allylic oxidation sites excluding steroid dienone is 3. The van der Waals surface area contributed by atoms with Crippen LogP contribution in [0.25, 0.3) is 0 Å². The second-order valence-electron chi connectivity index (χ2n) is 6.25. The Bertz CT molecular complexity index is 496. The van der Waals surface area contributed by atoms with Crippen LogP contribution < -0.4 is 5.09 Å². The number of hydrogen-bond donors (Lipinski definition) is 1. The molecule has 0 bridgehead atoms. The van der Waals surface area contributed by atoms with Crippen LogP contribution in [0.2, 0.25) is 0 Å². The zero-order valence-corrected chi connectivity index (χ0v) is 19.5. The topological polar surface area (TPSA) is 50.8 Å². The van der Waals surface area contributed by atoms with Gasteiger partial charge in [0.15, 0.2) is 0 Å². The van der Waals surface area contributed by atoms with E-state index in [9.17, 15) is 4.57 Å². The van der Waals surface area contributed by atoms with Crippen molar-refractivity contribution in [2.24, 2.45) is 0 Å². The van der Waals surface area contributed by atoms with Crippen molar-refractivity contribution in [3.8, 4) is 0 Å². The summed E-state index contributed by atoms with van der Waals surface area (Å²) in [6, 6.07) is 0. The van der Waals surface area contributed by atoms with Crippen LogP contribution in [0.1, 0.15) is 40.0 Å². The van der Waals surface area contributed by atoms with Crippen LogP contribution >= 0.6 is 39.5 Å². The van der Waals surface area contributed by atoms with Gasteiger partial charge in [0.1, 0.15) is 6.23 Å². The Morgan fingerprint density at radius 1 is 1.32 bits per heavy atom. The van der Waals surface area contributed by atoms with Crippen molar-refractivity contribution in [3.05, 3.63) is 23.3 Å². The molecule has 0 amide bonds. The van der Waals surface area contributed by atoms with Gasteiger partial charge in [0, 0.05) is 30.2 Å². The molecule has 1 aliphatic heterocycles. The van der Waals surface area contributed by atoms with Gasteiger partial charge in [-0.25, -0.2) is 5.09 Å². The zero-order chi connectivity index (χ0) is 18.7. The summed E-state index contributed by atoms with van der Waals surface area (Å²) >= 11 is 6.79. The SMILES string of the molecule is CC(C)=CCC/C(C)=C/COC1CCOP(=O)(NCCBr)N1CCBr. The maximum atomic E-state index is 13.1. The number of nitrogens with one attached hydrogen (secondary N) is 1. The molecule has 1 saturated heterocycles. The smallest absolute Gasteiger partial charge is 0.345 e. The second kappa shape index (κ2) is 12.8. The predicted octanol–water partition coefficient (Wildman–Crippen LogP) is 5.23. The summed E-state index contributed by atoms with van der Waals surface area (Å²) in [6.07, 6.45) is 7.00. The molecule has 0 aliphatic carbocycles. The Balaban J connectivity index is 2.59. The molecule has 25 heavy (non-hydrogen) atoms.